The average molecular weight is 257 g/mol. The zero-order valence-corrected chi connectivity index (χ0v) is 11.5. The highest BCUT2D eigenvalue weighted by Gasteiger charge is 2.09. The number of nitrogens with one attached hydrogen (secondary N) is 1. The van der Waals surface area contributed by atoms with E-state index in [9.17, 15) is 0 Å². The van der Waals surface area contributed by atoms with E-state index in [1.54, 1.807) is 19.1 Å². The van der Waals surface area contributed by atoms with Crippen LogP contribution in [0.15, 0.2) is 6.33 Å². The summed E-state index contributed by atoms with van der Waals surface area (Å²) in [7, 11) is 1.68. The summed E-state index contributed by atoms with van der Waals surface area (Å²) in [6, 6.07) is 0.298. The fourth-order valence-electron chi connectivity index (χ4n) is 1.18. The minimum absolute atomic E-state index is 0.298. The van der Waals surface area contributed by atoms with E-state index in [1.165, 1.54) is 6.33 Å². The Labute approximate surface area is 106 Å². The van der Waals surface area contributed by atoms with Crippen molar-refractivity contribution in [2.45, 2.75) is 19.9 Å². The van der Waals surface area contributed by atoms with Gasteiger partial charge in [-0.2, -0.15) is 4.98 Å². The quantitative estimate of drug-likeness (QED) is 0.741. The number of methoxy groups -OCH3 is 1. The third-order valence-corrected chi connectivity index (χ3v) is 2.71. The lowest BCUT2D eigenvalue weighted by molar-refractivity contribution is 0.208. The molecule has 0 fully saturated rings. The molecule has 0 saturated heterocycles. The molecule has 6 nitrogen and oxygen atoms in total. The van der Waals surface area contributed by atoms with Crippen LogP contribution in [0.1, 0.15) is 13.8 Å². The first-order chi connectivity index (χ1) is 8.17. The molecule has 0 radical (unpaired) electrons. The summed E-state index contributed by atoms with van der Waals surface area (Å²) in [6.07, 6.45) is 3.50. The first kappa shape index (κ1) is 14.0. The predicted octanol–water partition coefficient (Wildman–Crippen LogP) is 1.42. The first-order valence-corrected chi connectivity index (χ1v) is 6.61. The Kier molecular flexibility index (Phi) is 5.99. The number of hydrogen-bond acceptors (Lipinski definition) is 7. The lowest BCUT2D eigenvalue weighted by atomic mass is 10.4. The summed E-state index contributed by atoms with van der Waals surface area (Å²) >= 11 is 1.56. The van der Waals surface area contributed by atoms with Crippen LogP contribution in [0, 0.1) is 0 Å². The van der Waals surface area contributed by atoms with Gasteiger partial charge in [-0.3, -0.25) is 4.31 Å². The van der Waals surface area contributed by atoms with Crippen LogP contribution in [0.2, 0.25) is 0 Å². The number of ether oxygens (including phenoxy) is 1. The van der Waals surface area contributed by atoms with Crippen molar-refractivity contribution in [3.8, 4) is 0 Å². The van der Waals surface area contributed by atoms with Gasteiger partial charge in [-0.05, 0) is 13.8 Å². The molecular formula is C10H19N5OS. The van der Waals surface area contributed by atoms with E-state index in [-0.39, 0.29) is 0 Å². The van der Waals surface area contributed by atoms with Gasteiger partial charge >= 0.3 is 0 Å². The van der Waals surface area contributed by atoms with Crippen LogP contribution >= 0.6 is 11.9 Å². The van der Waals surface area contributed by atoms with Crippen LogP contribution in [0.5, 0.6) is 0 Å². The molecule has 7 heteroatoms. The molecule has 1 rings (SSSR count). The van der Waals surface area contributed by atoms with Gasteiger partial charge in [0, 0.05) is 19.4 Å². The number of aromatic nitrogens is 3. The Balaban J connectivity index is 2.73. The molecule has 1 aromatic heterocycles. The molecule has 0 spiro atoms. The normalized spacial score (nSPS) is 10.6. The minimum Gasteiger partial charge on any atom is -0.383 e. The third kappa shape index (κ3) is 4.74. The maximum absolute atomic E-state index is 5.05. The molecule has 1 aromatic rings. The van der Waals surface area contributed by atoms with Crippen molar-refractivity contribution >= 4 is 23.8 Å². The van der Waals surface area contributed by atoms with Crippen molar-refractivity contribution in [2.75, 3.05) is 36.1 Å². The smallest absolute Gasteiger partial charge is 0.240 e. The molecule has 0 unspecified atom stereocenters. The zero-order valence-electron chi connectivity index (χ0n) is 10.7. The van der Waals surface area contributed by atoms with Gasteiger partial charge in [0.2, 0.25) is 11.9 Å². The van der Waals surface area contributed by atoms with E-state index in [4.69, 9.17) is 4.74 Å². The third-order valence-electron chi connectivity index (χ3n) is 1.92. The molecule has 1 N–H and O–H groups in total. The number of anilines is 2. The van der Waals surface area contributed by atoms with Crippen molar-refractivity contribution in [2.24, 2.45) is 0 Å². The lowest BCUT2D eigenvalue weighted by Crippen LogP contribution is -2.22. The van der Waals surface area contributed by atoms with Crippen molar-refractivity contribution in [1.29, 1.82) is 0 Å². The molecule has 0 aliphatic rings. The monoisotopic (exact) mass is 257 g/mol. The van der Waals surface area contributed by atoms with Crippen molar-refractivity contribution in [3.63, 3.8) is 0 Å². The van der Waals surface area contributed by atoms with Crippen LogP contribution in [-0.2, 0) is 4.74 Å². The highest BCUT2D eigenvalue weighted by Crippen LogP contribution is 2.15. The molecule has 0 aliphatic carbocycles. The molecule has 17 heavy (non-hydrogen) atoms. The fourth-order valence-corrected chi connectivity index (χ4v) is 1.69. The predicted molar refractivity (Wildman–Crippen MR) is 71.3 cm³/mol. The highest BCUT2D eigenvalue weighted by molar-refractivity contribution is 7.99. The average Bonchev–Trinajstić information content (AvgIpc) is 2.30. The molecule has 0 aromatic carbocycles. The molecule has 0 atom stereocenters. The van der Waals surface area contributed by atoms with Gasteiger partial charge in [-0.25, -0.2) is 9.97 Å². The fraction of sp³-hybridized carbons (Fsp3) is 0.700. The topological polar surface area (TPSA) is 63.2 Å². The summed E-state index contributed by atoms with van der Waals surface area (Å²) in [4.78, 5) is 12.6. The Bertz CT molecular complexity index is 336. The standard InChI is InChI=1S/C10H19N5OS/c1-8(2)13-9-11-7-12-10(14-9)15(17-4)5-6-16-3/h7-8H,5-6H2,1-4H3,(H,11,12,13,14). The van der Waals surface area contributed by atoms with Gasteiger partial charge in [0.15, 0.2) is 0 Å². The van der Waals surface area contributed by atoms with Crippen LogP contribution in [0.3, 0.4) is 0 Å². The maximum atomic E-state index is 5.05. The molecule has 96 valence electrons. The van der Waals surface area contributed by atoms with Crippen LogP contribution in [-0.4, -0.2) is 47.5 Å². The number of nitrogens with zero attached hydrogens (tertiary/aromatic N) is 4. The molecular weight excluding hydrogens is 238 g/mol. The van der Waals surface area contributed by atoms with E-state index >= 15 is 0 Å². The second-order valence-corrected chi connectivity index (χ2v) is 4.49. The van der Waals surface area contributed by atoms with Gasteiger partial charge in [-0.1, -0.05) is 11.9 Å². The summed E-state index contributed by atoms with van der Waals surface area (Å²) in [6.45, 7) is 5.46. The Morgan fingerprint density at radius 1 is 1.47 bits per heavy atom. The van der Waals surface area contributed by atoms with E-state index in [0.717, 1.165) is 6.54 Å². The molecule has 0 aliphatic heterocycles. The van der Waals surface area contributed by atoms with E-state index in [2.05, 4.69) is 20.3 Å². The second-order valence-electron chi connectivity index (χ2n) is 3.69. The highest BCUT2D eigenvalue weighted by atomic mass is 32.2. The van der Waals surface area contributed by atoms with Gasteiger partial charge in [0.05, 0.1) is 13.2 Å². The molecule has 1 heterocycles. The van der Waals surface area contributed by atoms with Gasteiger partial charge in [0.1, 0.15) is 6.33 Å². The van der Waals surface area contributed by atoms with Gasteiger partial charge < -0.3 is 10.1 Å². The molecule has 0 amide bonds. The van der Waals surface area contributed by atoms with E-state index in [1.807, 2.05) is 24.4 Å². The molecule has 0 bridgehead atoms. The van der Waals surface area contributed by atoms with Crippen LogP contribution in [0.4, 0.5) is 11.9 Å². The lowest BCUT2D eigenvalue weighted by Gasteiger charge is -2.19. The Hall–Kier alpha value is -1.08. The van der Waals surface area contributed by atoms with E-state index in [0.29, 0.717) is 24.5 Å². The Morgan fingerprint density at radius 2 is 2.24 bits per heavy atom. The minimum atomic E-state index is 0.298. The summed E-state index contributed by atoms with van der Waals surface area (Å²) in [5, 5.41) is 3.15. The van der Waals surface area contributed by atoms with Gasteiger partial charge in [0.25, 0.3) is 0 Å². The number of hydrogen-bond donors (Lipinski definition) is 1. The number of rotatable bonds is 7. The van der Waals surface area contributed by atoms with Crippen molar-refractivity contribution < 1.29 is 4.74 Å². The molecule has 0 saturated carbocycles. The first-order valence-electron chi connectivity index (χ1n) is 5.43. The largest absolute Gasteiger partial charge is 0.383 e. The Morgan fingerprint density at radius 3 is 2.82 bits per heavy atom. The second kappa shape index (κ2) is 7.29. The van der Waals surface area contributed by atoms with Crippen molar-refractivity contribution in [1.82, 2.24) is 15.0 Å². The summed E-state index contributed by atoms with van der Waals surface area (Å²) < 4.78 is 7.02. The van der Waals surface area contributed by atoms with Crippen molar-refractivity contribution in [3.05, 3.63) is 6.33 Å². The maximum Gasteiger partial charge on any atom is 0.240 e. The van der Waals surface area contributed by atoms with Gasteiger partial charge in [-0.15, -0.1) is 0 Å². The summed E-state index contributed by atoms with van der Waals surface area (Å²) in [5.41, 5.74) is 0. The summed E-state index contributed by atoms with van der Waals surface area (Å²) in [5.74, 6) is 1.24. The SMILES string of the molecule is COCCN(SC)c1ncnc(NC(C)C)n1. The van der Waals surface area contributed by atoms with Crippen LogP contribution in [0.25, 0.3) is 0 Å². The van der Waals surface area contributed by atoms with Crippen LogP contribution < -0.4 is 9.62 Å². The zero-order chi connectivity index (χ0) is 12.7. The van der Waals surface area contributed by atoms with E-state index < -0.39 is 0 Å².